The molecule has 0 N–H and O–H groups in total. The van der Waals surface area contributed by atoms with Gasteiger partial charge in [0, 0.05) is 16.8 Å². The van der Waals surface area contributed by atoms with Gasteiger partial charge in [0.05, 0.1) is 11.3 Å². The molecule has 3 heterocycles. The Labute approximate surface area is 171 Å². The molecule has 0 spiro atoms. The van der Waals surface area contributed by atoms with Crippen molar-refractivity contribution in [2.45, 2.75) is 12.7 Å². The van der Waals surface area contributed by atoms with Crippen LogP contribution in [0.15, 0.2) is 53.7 Å². The van der Waals surface area contributed by atoms with E-state index in [9.17, 15) is 18.0 Å². The van der Waals surface area contributed by atoms with Gasteiger partial charge in [-0.05, 0) is 24.3 Å². The third-order valence-corrected chi connectivity index (χ3v) is 4.60. The molecule has 148 valence electrons. The van der Waals surface area contributed by atoms with E-state index in [-0.39, 0.29) is 21.9 Å². The van der Waals surface area contributed by atoms with Crippen molar-refractivity contribution >= 4 is 34.2 Å². The van der Waals surface area contributed by atoms with E-state index in [0.717, 1.165) is 6.33 Å². The smallest absolute Gasteiger partial charge is 0.288 e. The number of benzene rings is 1. The molecular weight excluding hydrogens is 430 g/mol. The van der Waals surface area contributed by atoms with Crippen molar-refractivity contribution in [3.05, 3.63) is 69.3 Å². The molecule has 0 bridgehead atoms. The highest BCUT2D eigenvalue weighted by Crippen LogP contribution is 2.31. The van der Waals surface area contributed by atoms with Crippen LogP contribution >= 0.6 is 23.2 Å². The van der Waals surface area contributed by atoms with Crippen molar-refractivity contribution in [2.24, 2.45) is 0 Å². The van der Waals surface area contributed by atoms with Crippen LogP contribution in [0.4, 0.5) is 13.2 Å². The average molecular weight is 440 g/mol. The van der Waals surface area contributed by atoms with Crippen LogP contribution in [0, 0.1) is 0 Å². The van der Waals surface area contributed by atoms with Crippen LogP contribution in [-0.2, 0) is 6.54 Å². The van der Waals surface area contributed by atoms with Gasteiger partial charge in [-0.2, -0.15) is 18.3 Å². The zero-order valence-corrected chi connectivity index (χ0v) is 15.9. The summed E-state index contributed by atoms with van der Waals surface area (Å²) in [4.78, 5) is 20.9. The molecule has 0 fully saturated rings. The molecule has 0 unspecified atom stereocenters. The second-order valence-electron chi connectivity index (χ2n) is 6.07. The molecule has 0 amide bonds. The molecule has 11 heteroatoms. The lowest BCUT2D eigenvalue weighted by Gasteiger charge is -2.09. The molecule has 4 rings (SSSR count). The number of rotatable bonds is 3. The molecule has 0 aliphatic rings. The molecule has 3 aromatic heterocycles. The molecule has 0 atom stereocenters. The summed E-state index contributed by atoms with van der Waals surface area (Å²) in [6.45, 7) is -1.47. The SMILES string of the molecule is O=c1c2nn(-c3ncccc3Cl)c(-c3ccc(Cl)cc3)c2ncn1CC(F)(F)F. The largest absolute Gasteiger partial charge is 0.406 e. The zero-order chi connectivity index (χ0) is 20.8. The van der Waals surface area contributed by atoms with Crippen molar-refractivity contribution in [2.75, 3.05) is 0 Å². The normalized spacial score (nSPS) is 11.9. The van der Waals surface area contributed by atoms with Crippen LogP contribution in [-0.4, -0.2) is 30.5 Å². The highest BCUT2D eigenvalue weighted by molar-refractivity contribution is 6.32. The molecule has 0 saturated heterocycles. The van der Waals surface area contributed by atoms with Crippen LogP contribution in [0.1, 0.15) is 0 Å². The number of alkyl halides is 3. The summed E-state index contributed by atoms with van der Waals surface area (Å²) in [5.41, 5.74) is -0.0955. The highest BCUT2D eigenvalue weighted by Gasteiger charge is 2.30. The first-order chi connectivity index (χ1) is 13.7. The Kier molecular flexibility index (Phi) is 4.79. The standard InChI is InChI=1S/C18H10Cl2F3N5O/c19-11-5-3-10(4-6-11)15-13-14(17(29)27(9-25-13)8-18(21,22)23)26-28(15)16-12(20)2-1-7-24-16/h1-7,9H,8H2. The van der Waals surface area contributed by atoms with Crippen molar-refractivity contribution < 1.29 is 13.2 Å². The van der Waals surface area contributed by atoms with E-state index in [1.54, 1.807) is 36.4 Å². The monoisotopic (exact) mass is 439 g/mol. The first-order valence-corrected chi connectivity index (χ1v) is 8.92. The lowest BCUT2D eigenvalue weighted by Crippen LogP contribution is -2.28. The Hall–Kier alpha value is -2.91. The van der Waals surface area contributed by atoms with Crippen LogP contribution in [0.25, 0.3) is 28.1 Å². The molecule has 6 nitrogen and oxygen atoms in total. The summed E-state index contributed by atoms with van der Waals surface area (Å²) >= 11 is 12.2. The summed E-state index contributed by atoms with van der Waals surface area (Å²) in [7, 11) is 0. The molecule has 0 aliphatic carbocycles. The lowest BCUT2D eigenvalue weighted by molar-refractivity contribution is -0.141. The Bertz CT molecular complexity index is 1270. The van der Waals surface area contributed by atoms with Crippen molar-refractivity contribution in [3.8, 4) is 17.1 Å². The van der Waals surface area contributed by atoms with E-state index >= 15 is 0 Å². The van der Waals surface area contributed by atoms with Gasteiger partial charge in [0.15, 0.2) is 11.3 Å². The van der Waals surface area contributed by atoms with Crippen molar-refractivity contribution in [1.82, 2.24) is 24.3 Å². The van der Waals surface area contributed by atoms with Gasteiger partial charge in [-0.25, -0.2) is 14.6 Å². The minimum Gasteiger partial charge on any atom is -0.288 e. The van der Waals surface area contributed by atoms with E-state index < -0.39 is 18.3 Å². The summed E-state index contributed by atoms with van der Waals surface area (Å²) < 4.78 is 40.1. The summed E-state index contributed by atoms with van der Waals surface area (Å²) in [6.07, 6.45) is -2.25. The summed E-state index contributed by atoms with van der Waals surface area (Å²) in [5, 5.41) is 4.93. The summed E-state index contributed by atoms with van der Waals surface area (Å²) in [5.74, 6) is 0.207. The van der Waals surface area contributed by atoms with Gasteiger partial charge in [0.1, 0.15) is 17.8 Å². The van der Waals surface area contributed by atoms with Gasteiger partial charge >= 0.3 is 6.18 Å². The topological polar surface area (TPSA) is 65.6 Å². The number of aromatic nitrogens is 5. The first-order valence-electron chi connectivity index (χ1n) is 8.16. The number of hydrogen-bond acceptors (Lipinski definition) is 4. The predicted molar refractivity (Wildman–Crippen MR) is 102 cm³/mol. The predicted octanol–water partition coefficient (Wildman–Crippen LogP) is 4.51. The number of pyridine rings is 1. The number of halogens is 5. The zero-order valence-electron chi connectivity index (χ0n) is 14.4. The fourth-order valence-electron chi connectivity index (χ4n) is 2.85. The second-order valence-corrected chi connectivity index (χ2v) is 6.91. The highest BCUT2D eigenvalue weighted by atomic mass is 35.5. The first kappa shape index (κ1) is 19.4. The Morgan fingerprint density at radius 1 is 1.00 bits per heavy atom. The molecule has 0 saturated carbocycles. The van der Waals surface area contributed by atoms with E-state index in [1.807, 2.05) is 0 Å². The van der Waals surface area contributed by atoms with Gasteiger partial charge in [-0.3, -0.25) is 9.36 Å². The molecule has 1 aromatic carbocycles. The maximum atomic E-state index is 12.8. The number of nitrogens with zero attached hydrogens (tertiary/aromatic N) is 5. The number of hydrogen-bond donors (Lipinski definition) is 0. The minimum absolute atomic E-state index is 0.123. The average Bonchev–Trinajstić information content (AvgIpc) is 3.04. The Morgan fingerprint density at radius 2 is 1.72 bits per heavy atom. The van der Waals surface area contributed by atoms with Crippen molar-refractivity contribution in [1.29, 1.82) is 0 Å². The fourth-order valence-corrected chi connectivity index (χ4v) is 3.18. The van der Waals surface area contributed by atoms with Gasteiger partial charge in [0.25, 0.3) is 5.56 Å². The molecule has 0 radical (unpaired) electrons. The van der Waals surface area contributed by atoms with Gasteiger partial charge < -0.3 is 0 Å². The Balaban J connectivity index is 2.04. The molecule has 29 heavy (non-hydrogen) atoms. The third-order valence-electron chi connectivity index (χ3n) is 4.06. The van der Waals surface area contributed by atoms with E-state index in [4.69, 9.17) is 23.2 Å². The van der Waals surface area contributed by atoms with Gasteiger partial charge in [-0.1, -0.05) is 35.3 Å². The van der Waals surface area contributed by atoms with Crippen LogP contribution in [0.3, 0.4) is 0 Å². The maximum Gasteiger partial charge on any atom is 0.406 e. The van der Waals surface area contributed by atoms with E-state index in [0.29, 0.717) is 20.8 Å². The maximum absolute atomic E-state index is 12.8. The van der Waals surface area contributed by atoms with Crippen molar-refractivity contribution in [3.63, 3.8) is 0 Å². The van der Waals surface area contributed by atoms with E-state index in [2.05, 4.69) is 15.1 Å². The summed E-state index contributed by atoms with van der Waals surface area (Å²) in [6, 6.07) is 9.81. The van der Waals surface area contributed by atoms with Crippen LogP contribution < -0.4 is 5.56 Å². The number of fused-ring (bicyclic) bond motifs is 1. The van der Waals surface area contributed by atoms with E-state index in [1.165, 1.54) is 10.9 Å². The fraction of sp³-hybridized carbons (Fsp3) is 0.111. The molecular formula is C18H10Cl2F3N5O. The van der Waals surface area contributed by atoms with Crippen LogP contribution in [0.5, 0.6) is 0 Å². The second kappa shape index (κ2) is 7.16. The van der Waals surface area contributed by atoms with Gasteiger partial charge in [-0.15, -0.1) is 0 Å². The van der Waals surface area contributed by atoms with Crippen LogP contribution in [0.2, 0.25) is 10.0 Å². The Morgan fingerprint density at radius 3 is 2.38 bits per heavy atom. The third kappa shape index (κ3) is 3.70. The van der Waals surface area contributed by atoms with Gasteiger partial charge in [0.2, 0.25) is 0 Å². The molecule has 0 aliphatic heterocycles. The minimum atomic E-state index is -4.58. The lowest BCUT2D eigenvalue weighted by atomic mass is 10.1. The quantitative estimate of drug-likeness (QED) is 0.470. The molecule has 4 aromatic rings.